The lowest BCUT2D eigenvalue weighted by molar-refractivity contribution is 0.0986. The molecule has 0 saturated carbocycles. The van der Waals surface area contributed by atoms with Crippen LogP contribution in [0.1, 0.15) is 28.8 Å². The van der Waals surface area contributed by atoms with E-state index in [1.165, 1.54) is 25.9 Å². The van der Waals surface area contributed by atoms with Crippen LogP contribution >= 0.6 is 0 Å². The van der Waals surface area contributed by atoms with Crippen molar-refractivity contribution in [3.05, 3.63) is 59.7 Å². The molecule has 138 valence electrons. The van der Waals surface area contributed by atoms with Gasteiger partial charge in [-0.1, -0.05) is 18.2 Å². The van der Waals surface area contributed by atoms with Crippen LogP contribution in [-0.4, -0.2) is 50.1 Å². The van der Waals surface area contributed by atoms with E-state index in [1.54, 1.807) is 24.3 Å². The third-order valence-corrected chi connectivity index (χ3v) is 5.48. The predicted octanol–water partition coefficient (Wildman–Crippen LogP) is 3.12. The third-order valence-electron chi connectivity index (χ3n) is 5.48. The largest absolute Gasteiger partial charge is 0.367 e. The van der Waals surface area contributed by atoms with Crippen molar-refractivity contribution in [2.75, 3.05) is 49.1 Å². The molecule has 2 aliphatic heterocycles. The van der Waals surface area contributed by atoms with Crippen molar-refractivity contribution in [3.63, 3.8) is 0 Å². The average molecular weight is 360 g/mol. The Kier molecular flexibility index (Phi) is 5.08. The SMILES string of the molecule is N#Cc1cccc(C(=O)N2CCN(CCN3CCCC3)c3ccccc32)c1. The van der Waals surface area contributed by atoms with E-state index in [-0.39, 0.29) is 5.91 Å². The molecule has 2 heterocycles. The highest BCUT2D eigenvalue weighted by Gasteiger charge is 2.27. The van der Waals surface area contributed by atoms with Crippen LogP contribution in [0, 0.1) is 11.3 Å². The molecule has 27 heavy (non-hydrogen) atoms. The van der Waals surface area contributed by atoms with Gasteiger partial charge in [-0.3, -0.25) is 4.79 Å². The summed E-state index contributed by atoms with van der Waals surface area (Å²) in [5.41, 5.74) is 3.15. The molecule has 2 aliphatic rings. The van der Waals surface area contributed by atoms with Gasteiger partial charge in [0, 0.05) is 31.7 Å². The van der Waals surface area contributed by atoms with Crippen molar-refractivity contribution in [1.82, 2.24) is 4.90 Å². The van der Waals surface area contributed by atoms with E-state index in [9.17, 15) is 4.79 Å². The first-order valence-electron chi connectivity index (χ1n) is 9.64. The number of carbonyl (C=O) groups is 1. The van der Waals surface area contributed by atoms with Crippen LogP contribution in [0.25, 0.3) is 0 Å². The number of anilines is 2. The number of benzene rings is 2. The topological polar surface area (TPSA) is 50.6 Å². The van der Waals surface area contributed by atoms with Crippen molar-refractivity contribution < 1.29 is 4.79 Å². The number of nitrogens with zero attached hydrogens (tertiary/aromatic N) is 4. The van der Waals surface area contributed by atoms with E-state index in [4.69, 9.17) is 5.26 Å². The highest BCUT2D eigenvalue weighted by atomic mass is 16.2. The Morgan fingerprint density at radius 2 is 1.70 bits per heavy atom. The quantitative estimate of drug-likeness (QED) is 0.841. The van der Waals surface area contributed by atoms with E-state index < -0.39 is 0 Å². The lowest BCUT2D eigenvalue weighted by Crippen LogP contribution is -2.46. The third kappa shape index (κ3) is 3.67. The van der Waals surface area contributed by atoms with Crippen LogP contribution in [0.4, 0.5) is 11.4 Å². The summed E-state index contributed by atoms with van der Waals surface area (Å²) in [4.78, 5) is 19.9. The minimum atomic E-state index is -0.0428. The van der Waals surface area contributed by atoms with Gasteiger partial charge in [0.1, 0.15) is 0 Å². The van der Waals surface area contributed by atoms with E-state index in [0.717, 1.165) is 31.0 Å². The van der Waals surface area contributed by atoms with Crippen molar-refractivity contribution in [3.8, 4) is 6.07 Å². The van der Waals surface area contributed by atoms with E-state index >= 15 is 0 Å². The van der Waals surface area contributed by atoms with Gasteiger partial charge in [0.25, 0.3) is 5.91 Å². The molecule has 0 aliphatic carbocycles. The zero-order valence-corrected chi connectivity index (χ0v) is 15.5. The number of para-hydroxylation sites is 2. The zero-order valence-electron chi connectivity index (χ0n) is 15.5. The van der Waals surface area contributed by atoms with Gasteiger partial charge in [-0.2, -0.15) is 5.26 Å². The van der Waals surface area contributed by atoms with Gasteiger partial charge in [-0.25, -0.2) is 0 Å². The van der Waals surface area contributed by atoms with Crippen molar-refractivity contribution in [2.24, 2.45) is 0 Å². The maximum absolute atomic E-state index is 13.1. The fraction of sp³-hybridized carbons (Fsp3) is 0.364. The molecule has 0 spiro atoms. The molecular weight excluding hydrogens is 336 g/mol. The molecule has 1 amide bonds. The van der Waals surface area contributed by atoms with Crippen molar-refractivity contribution in [2.45, 2.75) is 12.8 Å². The Bertz CT molecular complexity index is 867. The number of fused-ring (bicyclic) bond motifs is 1. The summed E-state index contributed by atoms with van der Waals surface area (Å²) >= 11 is 0. The van der Waals surface area contributed by atoms with E-state index in [1.807, 2.05) is 23.1 Å². The smallest absolute Gasteiger partial charge is 0.258 e. The molecule has 0 N–H and O–H groups in total. The van der Waals surface area contributed by atoms with Gasteiger partial charge in [0.2, 0.25) is 0 Å². The molecule has 1 saturated heterocycles. The van der Waals surface area contributed by atoms with E-state index in [0.29, 0.717) is 17.7 Å². The van der Waals surface area contributed by atoms with Gasteiger partial charge >= 0.3 is 0 Å². The van der Waals surface area contributed by atoms with Gasteiger partial charge in [0.15, 0.2) is 0 Å². The summed E-state index contributed by atoms with van der Waals surface area (Å²) in [6.07, 6.45) is 2.61. The first-order valence-corrected chi connectivity index (χ1v) is 9.64. The molecule has 2 aromatic rings. The molecule has 5 heteroatoms. The molecular formula is C22H24N4O. The summed E-state index contributed by atoms with van der Waals surface area (Å²) < 4.78 is 0. The zero-order chi connectivity index (χ0) is 18.6. The Balaban J connectivity index is 1.55. The normalized spacial score (nSPS) is 16.9. The van der Waals surface area contributed by atoms with Crippen LogP contribution in [0.15, 0.2) is 48.5 Å². The molecule has 4 rings (SSSR count). The highest BCUT2D eigenvalue weighted by Crippen LogP contribution is 2.33. The second-order valence-corrected chi connectivity index (χ2v) is 7.17. The number of rotatable bonds is 4. The predicted molar refractivity (Wildman–Crippen MR) is 107 cm³/mol. The molecule has 2 aromatic carbocycles. The van der Waals surface area contributed by atoms with Crippen LogP contribution < -0.4 is 9.80 Å². The Morgan fingerprint density at radius 3 is 2.48 bits per heavy atom. The Morgan fingerprint density at radius 1 is 0.926 bits per heavy atom. The molecule has 0 unspecified atom stereocenters. The summed E-state index contributed by atoms with van der Waals surface area (Å²) in [7, 11) is 0. The maximum atomic E-state index is 13.1. The molecule has 1 fully saturated rings. The second-order valence-electron chi connectivity index (χ2n) is 7.17. The first kappa shape index (κ1) is 17.6. The van der Waals surface area contributed by atoms with Crippen molar-refractivity contribution in [1.29, 1.82) is 5.26 Å². The second kappa shape index (κ2) is 7.81. The lowest BCUT2D eigenvalue weighted by Gasteiger charge is -2.38. The van der Waals surface area contributed by atoms with E-state index in [2.05, 4.69) is 21.9 Å². The number of likely N-dealkylation sites (tertiary alicyclic amines) is 1. The summed E-state index contributed by atoms with van der Waals surface area (Å²) in [5.74, 6) is -0.0428. The number of nitriles is 1. The molecule has 0 radical (unpaired) electrons. The maximum Gasteiger partial charge on any atom is 0.258 e. The number of hydrogen-bond acceptors (Lipinski definition) is 4. The minimum absolute atomic E-state index is 0.0428. The monoisotopic (exact) mass is 360 g/mol. The number of carbonyl (C=O) groups excluding carboxylic acids is 1. The molecule has 0 atom stereocenters. The summed E-state index contributed by atoms with van der Waals surface area (Å²) in [6.45, 7) is 5.96. The fourth-order valence-corrected chi connectivity index (χ4v) is 4.01. The van der Waals surface area contributed by atoms with Gasteiger partial charge < -0.3 is 14.7 Å². The van der Waals surface area contributed by atoms with Crippen molar-refractivity contribution >= 4 is 17.3 Å². The average Bonchev–Trinajstić information content (AvgIpc) is 3.25. The van der Waals surface area contributed by atoms with Crippen LogP contribution in [0.2, 0.25) is 0 Å². The van der Waals surface area contributed by atoms with Crippen LogP contribution in [0.5, 0.6) is 0 Å². The molecule has 5 nitrogen and oxygen atoms in total. The Hall–Kier alpha value is -2.84. The summed E-state index contributed by atoms with van der Waals surface area (Å²) in [5, 5.41) is 9.11. The highest BCUT2D eigenvalue weighted by molar-refractivity contribution is 6.08. The van der Waals surface area contributed by atoms with Gasteiger partial charge in [-0.15, -0.1) is 0 Å². The minimum Gasteiger partial charge on any atom is -0.367 e. The number of hydrogen-bond donors (Lipinski definition) is 0. The fourth-order valence-electron chi connectivity index (χ4n) is 4.01. The summed E-state index contributed by atoms with van der Waals surface area (Å²) in [6, 6.07) is 17.2. The van der Waals surface area contributed by atoms with Crippen LogP contribution in [0.3, 0.4) is 0 Å². The first-order chi connectivity index (χ1) is 13.3. The van der Waals surface area contributed by atoms with Gasteiger partial charge in [0.05, 0.1) is 23.0 Å². The lowest BCUT2D eigenvalue weighted by atomic mass is 10.1. The van der Waals surface area contributed by atoms with Crippen LogP contribution in [-0.2, 0) is 0 Å². The molecule has 0 aromatic heterocycles. The van der Waals surface area contributed by atoms with Gasteiger partial charge in [-0.05, 0) is 56.3 Å². The molecule has 0 bridgehead atoms. The number of amides is 1. The Labute approximate surface area is 160 Å². The standard InChI is InChI=1S/C22H24N4O/c23-17-18-6-5-7-19(16-18)22(27)26-15-14-25(13-12-24-10-3-4-11-24)20-8-1-2-9-21(20)26/h1-2,5-9,16H,3-4,10-15H2.